The van der Waals surface area contributed by atoms with Crippen LogP contribution in [0.25, 0.3) is 11.1 Å². The summed E-state index contributed by atoms with van der Waals surface area (Å²) in [6.45, 7) is 0. The van der Waals surface area contributed by atoms with E-state index in [-0.39, 0.29) is 11.7 Å². The molecule has 1 N–H and O–H groups in total. The van der Waals surface area contributed by atoms with E-state index in [2.05, 4.69) is 0 Å². The quantitative estimate of drug-likeness (QED) is 0.866. The van der Waals surface area contributed by atoms with Crippen LogP contribution in [0.5, 0.6) is 5.75 Å². The number of ether oxygens (including phenoxy) is 1. The molecule has 0 aliphatic heterocycles. The summed E-state index contributed by atoms with van der Waals surface area (Å²) in [5.74, 6) is -0.0372. The Bertz CT molecular complexity index is 872. The third-order valence-corrected chi connectivity index (χ3v) is 5.01. The lowest BCUT2D eigenvalue weighted by Crippen LogP contribution is -2.29. The van der Waals surface area contributed by atoms with E-state index in [1.165, 1.54) is 6.42 Å². The molecule has 1 aliphatic carbocycles. The number of hydrogen-bond donors (Lipinski definition) is 1. The third kappa shape index (κ3) is 4.85. The van der Waals surface area contributed by atoms with E-state index in [4.69, 9.17) is 4.74 Å². The molecule has 0 bridgehead atoms. The number of rotatable bonds is 5. The first kappa shape index (κ1) is 18.5. The van der Waals surface area contributed by atoms with Crippen molar-refractivity contribution in [2.75, 3.05) is 6.26 Å². The number of sulfonamides is 1. The molecule has 26 heavy (non-hydrogen) atoms. The standard InChI is InChI=1S/C20H23NO4S/c1-26(23,24)21-20(22)16-12-13-18(15-8-4-2-5-9-15)19(14-16)25-17-10-6-3-7-11-17/h2,4-5,8-9,12-14,17H,3,6-7,10-11H2,1H3,(H,21,22). The second-order valence-electron chi connectivity index (χ2n) is 6.66. The fourth-order valence-electron chi connectivity index (χ4n) is 3.21. The molecular weight excluding hydrogens is 350 g/mol. The predicted molar refractivity (Wildman–Crippen MR) is 102 cm³/mol. The molecule has 1 fully saturated rings. The van der Waals surface area contributed by atoms with Crippen molar-refractivity contribution < 1.29 is 17.9 Å². The number of carbonyl (C=O) groups excluding carboxylic acids is 1. The van der Waals surface area contributed by atoms with E-state index in [9.17, 15) is 13.2 Å². The molecule has 5 nitrogen and oxygen atoms in total. The van der Waals surface area contributed by atoms with Gasteiger partial charge < -0.3 is 4.74 Å². The minimum absolute atomic E-state index is 0.124. The zero-order valence-electron chi connectivity index (χ0n) is 14.8. The van der Waals surface area contributed by atoms with E-state index in [1.807, 2.05) is 41.1 Å². The Morgan fingerprint density at radius 2 is 1.73 bits per heavy atom. The van der Waals surface area contributed by atoms with Crippen molar-refractivity contribution in [2.45, 2.75) is 38.2 Å². The zero-order valence-corrected chi connectivity index (χ0v) is 15.6. The van der Waals surface area contributed by atoms with Crippen molar-refractivity contribution >= 4 is 15.9 Å². The van der Waals surface area contributed by atoms with Crippen molar-refractivity contribution in [1.29, 1.82) is 0 Å². The van der Waals surface area contributed by atoms with E-state index < -0.39 is 15.9 Å². The SMILES string of the molecule is CS(=O)(=O)NC(=O)c1ccc(-c2ccccc2)c(OC2CCCCC2)c1. The number of benzene rings is 2. The van der Waals surface area contributed by atoms with Crippen LogP contribution >= 0.6 is 0 Å². The van der Waals surface area contributed by atoms with Gasteiger partial charge in [0.05, 0.1) is 12.4 Å². The van der Waals surface area contributed by atoms with Crippen molar-refractivity contribution in [1.82, 2.24) is 4.72 Å². The Morgan fingerprint density at radius 1 is 1.04 bits per heavy atom. The summed E-state index contributed by atoms with van der Waals surface area (Å²) in [5, 5.41) is 0. The van der Waals surface area contributed by atoms with Crippen LogP contribution in [0.2, 0.25) is 0 Å². The number of amides is 1. The summed E-state index contributed by atoms with van der Waals surface area (Å²) in [7, 11) is -3.61. The topological polar surface area (TPSA) is 72.5 Å². The average Bonchev–Trinajstić information content (AvgIpc) is 2.62. The monoisotopic (exact) mass is 373 g/mol. The summed E-state index contributed by atoms with van der Waals surface area (Å²) in [6, 6.07) is 14.9. The van der Waals surface area contributed by atoms with Gasteiger partial charge in [0, 0.05) is 11.1 Å². The molecule has 0 unspecified atom stereocenters. The fourth-order valence-corrected chi connectivity index (χ4v) is 3.66. The largest absolute Gasteiger partial charge is 0.490 e. The number of nitrogens with one attached hydrogen (secondary N) is 1. The molecular formula is C20H23NO4S. The Hall–Kier alpha value is -2.34. The molecule has 2 aromatic rings. The average molecular weight is 373 g/mol. The van der Waals surface area contributed by atoms with Gasteiger partial charge >= 0.3 is 0 Å². The lowest BCUT2D eigenvalue weighted by Gasteiger charge is -2.24. The minimum atomic E-state index is -3.61. The molecule has 1 amide bonds. The van der Waals surface area contributed by atoms with Gasteiger partial charge in [0.2, 0.25) is 10.0 Å². The number of carbonyl (C=O) groups is 1. The van der Waals surface area contributed by atoms with Crippen LogP contribution in [0.15, 0.2) is 48.5 Å². The molecule has 0 heterocycles. The Balaban J connectivity index is 1.95. The first-order chi connectivity index (χ1) is 12.4. The van der Waals surface area contributed by atoms with E-state index in [0.29, 0.717) is 5.75 Å². The van der Waals surface area contributed by atoms with E-state index >= 15 is 0 Å². The Morgan fingerprint density at radius 3 is 2.38 bits per heavy atom. The van der Waals surface area contributed by atoms with Crippen molar-refractivity contribution in [3.05, 3.63) is 54.1 Å². The molecule has 1 saturated carbocycles. The van der Waals surface area contributed by atoms with Crippen molar-refractivity contribution in [2.24, 2.45) is 0 Å². The molecule has 0 saturated heterocycles. The van der Waals surface area contributed by atoms with Crippen molar-refractivity contribution in [3.8, 4) is 16.9 Å². The van der Waals surface area contributed by atoms with Crippen LogP contribution in [0.3, 0.4) is 0 Å². The highest BCUT2D eigenvalue weighted by molar-refractivity contribution is 7.89. The van der Waals surface area contributed by atoms with E-state index in [0.717, 1.165) is 43.1 Å². The first-order valence-corrected chi connectivity index (χ1v) is 10.7. The van der Waals surface area contributed by atoms with Gasteiger partial charge in [-0.15, -0.1) is 0 Å². The summed E-state index contributed by atoms with van der Waals surface area (Å²) in [5.41, 5.74) is 2.15. The van der Waals surface area contributed by atoms with Gasteiger partial charge in [-0.3, -0.25) is 4.79 Å². The summed E-state index contributed by atoms with van der Waals surface area (Å²) < 4.78 is 30.9. The van der Waals surface area contributed by atoms with Crippen LogP contribution in [0, 0.1) is 0 Å². The van der Waals surface area contributed by atoms with Gasteiger partial charge in [0.15, 0.2) is 0 Å². The summed E-state index contributed by atoms with van der Waals surface area (Å²) >= 11 is 0. The Kier molecular flexibility index (Phi) is 5.61. The van der Waals surface area contributed by atoms with Gasteiger partial charge in [0.25, 0.3) is 5.91 Å². The molecule has 3 rings (SSSR count). The molecule has 1 aliphatic rings. The second kappa shape index (κ2) is 7.91. The van der Waals surface area contributed by atoms with Gasteiger partial charge in [-0.1, -0.05) is 36.8 Å². The third-order valence-electron chi connectivity index (χ3n) is 4.45. The van der Waals surface area contributed by atoms with Gasteiger partial charge in [-0.25, -0.2) is 13.1 Å². The maximum atomic E-state index is 12.2. The maximum absolute atomic E-state index is 12.2. The van der Waals surface area contributed by atoms with Gasteiger partial charge in [0.1, 0.15) is 5.75 Å². The second-order valence-corrected chi connectivity index (χ2v) is 8.41. The lowest BCUT2D eigenvalue weighted by molar-refractivity contribution is 0.0980. The van der Waals surface area contributed by atoms with Crippen molar-refractivity contribution in [3.63, 3.8) is 0 Å². The molecule has 138 valence electrons. The molecule has 2 aromatic carbocycles. The molecule has 0 radical (unpaired) electrons. The first-order valence-electron chi connectivity index (χ1n) is 8.80. The summed E-state index contributed by atoms with van der Waals surface area (Å²) in [6.07, 6.45) is 6.57. The lowest BCUT2D eigenvalue weighted by atomic mass is 9.97. The van der Waals surface area contributed by atoms with Crippen LogP contribution in [-0.2, 0) is 10.0 Å². The fraction of sp³-hybridized carbons (Fsp3) is 0.350. The minimum Gasteiger partial charge on any atom is -0.490 e. The highest BCUT2D eigenvalue weighted by Gasteiger charge is 2.19. The highest BCUT2D eigenvalue weighted by Crippen LogP contribution is 2.34. The van der Waals surface area contributed by atoms with Crippen LogP contribution in [0.4, 0.5) is 0 Å². The predicted octanol–water partition coefficient (Wildman–Crippen LogP) is 3.75. The maximum Gasteiger partial charge on any atom is 0.264 e. The Labute approximate surface area is 154 Å². The number of hydrogen-bond acceptors (Lipinski definition) is 4. The normalized spacial score (nSPS) is 15.4. The zero-order chi connectivity index (χ0) is 18.6. The van der Waals surface area contributed by atoms with Gasteiger partial charge in [-0.05, 0) is 49.4 Å². The van der Waals surface area contributed by atoms with Gasteiger partial charge in [-0.2, -0.15) is 0 Å². The van der Waals surface area contributed by atoms with Crippen LogP contribution in [-0.4, -0.2) is 26.7 Å². The molecule has 0 atom stereocenters. The molecule has 6 heteroatoms. The highest BCUT2D eigenvalue weighted by atomic mass is 32.2. The smallest absolute Gasteiger partial charge is 0.264 e. The molecule has 0 spiro atoms. The van der Waals surface area contributed by atoms with Crippen LogP contribution in [0.1, 0.15) is 42.5 Å². The molecule has 0 aromatic heterocycles. The van der Waals surface area contributed by atoms with E-state index in [1.54, 1.807) is 12.1 Å². The van der Waals surface area contributed by atoms with Crippen LogP contribution < -0.4 is 9.46 Å². The summed E-state index contributed by atoms with van der Waals surface area (Å²) in [4.78, 5) is 12.2.